The highest BCUT2D eigenvalue weighted by atomic mass is 15.2. The molecular formula is C19H22N4. The van der Waals surface area contributed by atoms with Crippen LogP contribution in [-0.2, 0) is 20.0 Å². The van der Waals surface area contributed by atoms with Crippen LogP contribution in [-0.4, -0.2) is 32.5 Å². The van der Waals surface area contributed by atoms with Crippen molar-refractivity contribution in [3.8, 4) is 0 Å². The van der Waals surface area contributed by atoms with Crippen molar-refractivity contribution in [3.05, 3.63) is 60.3 Å². The molecule has 4 nitrogen and oxygen atoms in total. The van der Waals surface area contributed by atoms with Gasteiger partial charge in [-0.1, -0.05) is 18.2 Å². The van der Waals surface area contributed by atoms with Crippen LogP contribution < -0.4 is 0 Å². The van der Waals surface area contributed by atoms with Crippen molar-refractivity contribution in [2.45, 2.75) is 19.4 Å². The standard InChI is InChI=1S/C19H22N4/c1-22-11-9-21-19(22)14-23-10-7-15(13-23)12-16-6-8-20-18-5-3-2-4-17(16)18/h2-6,8-9,11,15H,7,10,12-14H2,1H3/t15-/m1/s1. The monoisotopic (exact) mass is 306 g/mol. The molecular weight excluding hydrogens is 284 g/mol. The number of imidazole rings is 1. The van der Waals surface area contributed by atoms with Crippen molar-refractivity contribution < 1.29 is 0 Å². The lowest BCUT2D eigenvalue weighted by Gasteiger charge is -2.16. The van der Waals surface area contributed by atoms with E-state index in [-0.39, 0.29) is 0 Å². The summed E-state index contributed by atoms with van der Waals surface area (Å²) < 4.78 is 2.11. The summed E-state index contributed by atoms with van der Waals surface area (Å²) in [5.41, 5.74) is 2.53. The maximum absolute atomic E-state index is 4.47. The van der Waals surface area contributed by atoms with Gasteiger partial charge in [-0.2, -0.15) is 0 Å². The third kappa shape index (κ3) is 2.99. The van der Waals surface area contributed by atoms with E-state index in [1.165, 1.54) is 23.9 Å². The van der Waals surface area contributed by atoms with Gasteiger partial charge in [0.25, 0.3) is 0 Å². The zero-order valence-corrected chi connectivity index (χ0v) is 13.5. The Bertz CT molecular complexity index is 802. The molecule has 1 aromatic carbocycles. The quantitative estimate of drug-likeness (QED) is 0.743. The summed E-state index contributed by atoms with van der Waals surface area (Å²) >= 11 is 0. The summed E-state index contributed by atoms with van der Waals surface area (Å²) in [7, 11) is 2.07. The molecule has 23 heavy (non-hydrogen) atoms. The molecule has 1 aliphatic rings. The zero-order chi connectivity index (χ0) is 15.6. The second-order valence-electron chi connectivity index (χ2n) is 6.54. The largest absolute Gasteiger partial charge is 0.337 e. The first-order valence-corrected chi connectivity index (χ1v) is 8.31. The van der Waals surface area contributed by atoms with E-state index in [0.29, 0.717) is 0 Å². The molecule has 0 aliphatic carbocycles. The van der Waals surface area contributed by atoms with E-state index in [4.69, 9.17) is 0 Å². The van der Waals surface area contributed by atoms with Gasteiger partial charge >= 0.3 is 0 Å². The van der Waals surface area contributed by atoms with Crippen LogP contribution in [0.1, 0.15) is 17.8 Å². The maximum atomic E-state index is 4.47. The van der Waals surface area contributed by atoms with Crippen molar-refractivity contribution in [2.24, 2.45) is 13.0 Å². The number of hydrogen-bond donors (Lipinski definition) is 0. The summed E-state index contributed by atoms with van der Waals surface area (Å²) in [6.07, 6.45) is 8.25. The van der Waals surface area contributed by atoms with Crippen LogP contribution in [0, 0.1) is 5.92 Å². The number of pyridine rings is 1. The normalized spacial score (nSPS) is 18.7. The minimum atomic E-state index is 0.723. The Balaban J connectivity index is 1.45. The Labute approximate surface area is 136 Å². The molecule has 2 aromatic heterocycles. The SMILES string of the molecule is Cn1ccnc1CN1CC[C@H](Cc2ccnc3ccccc23)C1. The Kier molecular flexibility index (Phi) is 3.83. The predicted molar refractivity (Wildman–Crippen MR) is 92.0 cm³/mol. The number of likely N-dealkylation sites (tertiary alicyclic amines) is 1. The van der Waals surface area contributed by atoms with E-state index in [1.54, 1.807) is 0 Å². The molecule has 3 aromatic rings. The highest BCUT2D eigenvalue weighted by Crippen LogP contribution is 2.25. The van der Waals surface area contributed by atoms with Crippen LogP contribution in [0.3, 0.4) is 0 Å². The summed E-state index contributed by atoms with van der Waals surface area (Å²) in [4.78, 5) is 11.4. The molecule has 4 heteroatoms. The Morgan fingerprint density at radius 3 is 2.91 bits per heavy atom. The minimum absolute atomic E-state index is 0.723. The maximum Gasteiger partial charge on any atom is 0.122 e. The van der Waals surface area contributed by atoms with Crippen molar-refractivity contribution >= 4 is 10.9 Å². The minimum Gasteiger partial charge on any atom is -0.337 e. The number of nitrogens with zero attached hydrogens (tertiary/aromatic N) is 4. The van der Waals surface area contributed by atoms with E-state index in [1.807, 2.05) is 18.6 Å². The number of aromatic nitrogens is 3. The Morgan fingerprint density at radius 2 is 2.04 bits per heavy atom. The molecule has 0 spiro atoms. The predicted octanol–water partition coefficient (Wildman–Crippen LogP) is 3.03. The van der Waals surface area contributed by atoms with Crippen LogP contribution >= 0.6 is 0 Å². The van der Waals surface area contributed by atoms with Gasteiger partial charge in [0.05, 0.1) is 12.1 Å². The van der Waals surface area contributed by atoms with Gasteiger partial charge in [0.2, 0.25) is 0 Å². The van der Waals surface area contributed by atoms with E-state index < -0.39 is 0 Å². The highest BCUT2D eigenvalue weighted by molar-refractivity contribution is 5.81. The van der Waals surface area contributed by atoms with Crippen molar-refractivity contribution in [2.75, 3.05) is 13.1 Å². The molecule has 4 rings (SSSR count). The van der Waals surface area contributed by atoms with Gasteiger partial charge in [-0.05, 0) is 43.0 Å². The first-order valence-electron chi connectivity index (χ1n) is 8.31. The molecule has 0 amide bonds. The van der Waals surface area contributed by atoms with Crippen LogP contribution in [0.25, 0.3) is 10.9 Å². The van der Waals surface area contributed by atoms with E-state index in [0.717, 1.165) is 36.8 Å². The van der Waals surface area contributed by atoms with E-state index in [9.17, 15) is 0 Å². The molecule has 1 saturated heterocycles. The number of aryl methyl sites for hydroxylation is 1. The van der Waals surface area contributed by atoms with Crippen LogP contribution in [0.5, 0.6) is 0 Å². The highest BCUT2D eigenvalue weighted by Gasteiger charge is 2.24. The fourth-order valence-corrected chi connectivity index (χ4v) is 3.62. The van der Waals surface area contributed by atoms with Gasteiger partial charge in [-0.3, -0.25) is 9.88 Å². The Hall–Kier alpha value is -2.20. The van der Waals surface area contributed by atoms with Crippen LogP contribution in [0.4, 0.5) is 0 Å². The van der Waals surface area contributed by atoms with Crippen molar-refractivity contribution in [3.63, 3.8) is 0 Å². The fourth-order valence-electron chi connectivity index (χ4n) is 3.62. The fraction of sp³-hybridized carbons (Fsp3) is 0.368. The summed E-state index contributed by atoms with van der Waals surface area (Å²) in [6.45, 7) is 3.28. The molecule has 0 saturated carbocycles. The Morgan fingerprint density at radius 1 is 1.13 bits per heavy atom. The van der Waals surface area contributed by atoms with Gasteiger partial charge in [-0.15, -0.1) is 0 Å². The van der Waals surface area contributed by atoms with Gasteiger partial charge < -0.3 is 4.57 Å². The van der Waals surface area contributed by atoms with Gasteiger partial charge in [-0.25, -0.2) is 4.98 Å². The van der Waals surface area contributed by atoms with Crippen molar-refractivity contribution in [1.29, 1.82) is 0 Å². The molecule has 0 bridgehead atoms. The topological polar surface area (TPSA) is 34.0 Å². The molecule has 0 radical (unpaired) electrons. The van der Waals surface area contributed by atoms with Crippen LogP contribution in [0.2, 0.25) is 0 Å². The van der Waals surface area contributed by atoms with Gasteiger partial charge in [0.15, 0.2) is 0 Å². The molecule has 1 fully saturated rings. The third-order valence-electron chi connectivity index (χ3n) is 4.90. The van der Waals surface area contributed by atoms with E-state index >= 15 is 0 Å². The molecule has 3 heterocycles. The number of para-hydroxylation sites is 1. The summed E-state index contributed by atoms with van der Waals surface area (Å²) in [5.74, 6) is 1.88. The molecule has 1 aliphatic heterocycles. The second-order valence-corrected chi connectivity index (χ2v) is 6.54. The lowest BCUT2D eigenvalue weighted by Crippen LogP contribution is -2.22. The number of rotatable bonds is 4. The lowest BCUT2D eigenvalue weighted by atomic mass is 9.96. The second kappa shape index (κ2) is 6.13. The number of fused-ring (bicyclic) bond motifs is 1. The molecule has 1 atom stereocenters. The average Bonchev–Trinajstić information content (AvgIpc) is 3.18. The van der Waals surface area contributed by atoms with Crippen LogP contribution in [0.15, 0.2) is 48.9 Å². The number of hydrogen-bond acceptors (Lipinski definition) is 3. The average molecular weight is 306 g/mol. The molecule has 0 N–H and O–H groups in total. The molecule has 118 valence electrons. The first kappa shape index (κ1) is 14.4. The first-order chi connectivity index (χ1) is 11.3. The smallest absolute Gasteiger partial charge is 0.122 e. The van der Waals surface area contributed by atoms with E-state index in [2.05, 4.69) is 56.8 Å². The summed E-state index contributed by atoms with van der Waals surface area (Å²) in [6, 6.07) is 10.6. The van der Waals surface area contributed by atoms with Gasteiger partial charge in [0, 0.05) is 37.6 Å². The zero-order valence-electron chi connectivity index (χ0n) is 13.5. The third-order valence-corrected chi connectivity index (χ3v) is 4.90. The van der Waals surface area contributed by atoms with Gasteiger partial charge in [0.1, 0.15) is 5.82 Å². The molecule has 0 unspecified atom stereocenters. The number of benzene rings is 1. The lowest BCUT2D eigenvalue weighted by molar-refractivity contribution is 0.305. The summed E-state index contributed by atoms with van der Waals surface area (Å²) in [5, 5.41) is 1.30. The van der Waals surface area contributed by atoms with Crippen molar-refractivity contribution in [1.82, 2.24) is 19.4 Å².